The maximum Gasteiger partial charge on any atom is 0.215 e. The van der Waals surface area contributed by atoms with Crippen LogP contribution in [0.2, 0.25) is 0 Å². The number of aliphatic imine (C=N–C) groups is 1. The molecule has 1 aromatic heterocycles. The number of aromatic nitrogens is 1. The average Bonchev–Trinajstić information content (AvgIpc) is 3.10. The third-order valence-corrected chi connectivity index (χ3v) is 7.42. The fraction of sp³-hybridized carbons (Fsp3) is 0.500. The summed E-state index contributed by atoms with van der Waals surface area (Å²) in [6.07, 6.45) is 2.89. The lowest BCUT2D eigenvalue weighted by Crippen LogP contribution is -2.44. The first kappa shape index (κ1) is 20.0. The lowest BCUT2D eigenvalue weighted by molar-refractivity contribution is 0.443. The molecule has 0 saturated carbocycles. The Morgan fingerprint density at radius 1 is 1.22 bits per heavy atom. The van der Waals surface area contributed by atoms with Crippen molar-refractivity contribution in [2.45, 2.75) is 6.42 Å². The predicted molar refractivity (Wildman–Crippen MR) is 114 cm³/mol. The summed E-state index contributed by atoms with van der Waals surface area (Å²) in [5, 5.41) is 7.58. The monoisotopic (exact) mass is 409 g/mol. The Kier molecular flexibility index (Phi) is 7.03. The number of aromatic amines is 1. The van der Waals surface area contributed by atoms with Gasteiger partial charge < -0.3 is 15.6 Å². The Hall–Kier alpha value is -1.71. The van der Waals surface area contributed by atoms with Crippen molar-refractivity contribution in [3.05, 3.63) is 36.0 Å². The van der Waals surface area contributed by atoms with Crippen LogP contribution in [-0.2, 0) is 16.4 Å². The van der Waals surface area contributed by atoms with Gasteiger partial charge in [-0.05, 0) is 18.1 Å². The molecular weight excluding hydrogens is 382 g/mol. The smallest absolute Gasteiger partial charge is 0.215 e. The summed E-state index contributed by atoms with van der Waals surface area (Å²) in [6, 6.07) is 8.23. The average molecular weight is 410 g/mol. The number of nitrogens with zero attached hydrogens (tertiary/aromatic N) is 2. The first-order valence-corrected chi connectivity index (χ1v) is 11.9. The van der Waals surface area contributed by atoms with E-state index in [1.807, 2.05) is 18.3 Å². The van der Waals surface area contributed by atoms with E-state index in [9.17, 15) is 8.42 Å². The van der Waals surface area contributed by atoms with Crippen molar-refractivity contribution in [3.63, 3.8) is 0 Å². The highest BCUT2D eigenvalue weighted by Gasteiger charge is 2.23. The van der Waals surface area contributed by atoms with Crippen molar-refractivity contribution in [3.8, 4) is 0 Å². The summed E-state index contributed by atoms with van der Waals surface area (Å²) in [5.41, 5.74) is 2.38. The molecular formula is C18H27N5O2S2. The largest absolute Gasteiger partial charge is 0.361 e. The van der Waals surface area contributed by atoms with Crippen LogP contribution in [0, 0.1) is 0 Å². The summed E-state index contributed by atoms with van der Waals surface area (Å²) in [4.78, 5) is 7.45. The molecule has 0 radical (unpaired) electrons. The van der Waals surface area contributed by atoms with Crippen LogP contribution in [0.15, 0.2) is 35.5 Å². The molecule has 0 atom stereocenters. The van der Waals surface area contributed by atoms with Crippen LogP contribution in [0.3, 0.4) is 0 Å². The molecule has 1 aliphatic heterocycles. The molecule has 2 heterocycles. The number of nitrogens with one attached hydrogen (secondary N) is 3. The van der Waals surface area contributed by atoms with Gasteiger partial charge in [0.05, 0.1) is 5.75 Å². The molecule has 0 spiro atoms. The maximum absolute atomic E-state index is 12.4. The van der Waals surface area contributed by atoms with E-state index in [4.69, 9.17) is 0 Å². The van der Waals surface area contributed by atoms with Gasteiger partial charge in [-0.2, -0.15) is 11.8 Å². The highest BCUT2D eigenvalue weighted by Crippen LogP contribution is 2.17. The van der Waals surface area contributed by atoms with Crippen LogP contribution in [0.1, 0.15) is 5.56 Å². The maximum atomic E-state index is 12.4. The van der Waals surface area contributed by atoms with Crippen LogP contribution < -0.4 is 10.6 Å². The van der Waals surface area contributed by atoms with Crippen molar-refractivity contribution in [1.82, 2.24) is 19.9 Å². The zero-order valence-corrected chi connectivity index (χ0v) is 17.2. The van der Waals surface area contributed by atoms with E-state index in [0.717, 1.165) is 30.0 Å². The Bertz CT molecular complexity index is 873. The molecule has 0 amide bonds. The number of H-pyrrole nitrogens is 1. The molecule has 9 heteroatoms. The summed E-state index contributed by atoms with van der Waals surface area (Å²) in [7, 11) is -1.51. The molecule has 0 unspecified atom stereocenters. The summed E-state index contributed by atoms with van der Waals surface area (Å²) in [5.74, 6) is 2.47. The van der Waals surface area contributed by atoms with Gasteiger partial charge in [0, 0.05) is 61.8 Å². The molecule has 1 fully saturated rings. The molecule has 1 aromatic carbocycles. The fourth-order valence-corrected chi connectivity index (χ4v) is 5.62. The van der Waals surface area contributed by atoms with Crippen molar-refractivity contribution in [1.29, 1.82) is 0 Å². The van der Waals surface area contributed by atoms with Crippen LogP contribution >= 0.6 is 11.8 Å². The second kappa shape index (κ2) is 9.48. The van der Waals surface area contributed by atoms with Crippen molar-refractivity contribution >= 4 is 38.6 Å². The van der Waals surface area contributed by atoms with E-state index in [0.29, 0.717) is 25.6 Å². The number of hydrogen-bond donors (Lipinski definition) is 3. The molecule has 0 bridgehead atoms. The van der Waals surface area contributed by atoms with Crippen molar-refractivity contribution < 1.29 is 8.42 Å². The number of para-hydroxylation sites is 1. The van der Waals surface area contributed by atoms with Crippen LogP contribution in [0.4, 0.5) is 0 Å². The van der Waals surface area contributed by atoms with Gasteiger partial charge in [0.15, 0.2) is 5.96 Å². The molecule has 7 nitrogen and oxygen atoms in total. The van der Waals surface area contributed by atoms with E-state index in [1.165, 1.54) is 10.9 Å². The second-order valence-electron chi connectivity index (χ2n) is 6.36. The zero-order valence-electron chi connectivity index (χ0n) is 15.6. The summed E-state index contributed by atoms with van der Waals surface area (Å²) < 4.78 is 26.3. The van der Waals surface area contributed by atoms with Gasteiger partial charge in [0.1, 0.15) is 0 Å². The number of rotatable bonds is 7. The molecule has 1 saturated heterocycles. The zero-order chi connectivity index (χ0) is 19.1. The highest BCUT2D eigenvalue weighted by atomic mass is 32.2. The van der Waals surface area contributed by atoms with Gasteiger partial charge in [0.2, 0.25) is 10.0 Å². The Morgan fingerprint density at radius 3 is 2.74 bits per heavy atom. The van der Waals surface area contributed by atoms with Crippen molar-refractivity contribution in [2.24, 2.45) is 4.99 Å². The van der Waals surface area contributed by atoms with E-state index >= 15 is 0 Å². The molecule has 27 heavy (non-hydrogen) atoms. The van der Waals surface area contributed by atoms with Crippen LogP contribution in [0.25, 0.3) is 10.9 Å². The SMILES string of the molecule is CN=C(NCCc1c[nH]c2ccccc12)NCCS(=O)(=O)N1CCSCC1. The molecule has 0 aliphatic carbocycles. The fourth-order valence-electron chi connectivity index (χ4n) is 3.13. The number of fused-ring (bicyclic) bond motifs is 1. The molecule has 3 rings (SSSR count). The van der Waals surface area contributed by atoms with Crippen LogP contribution in [0.5, 0.6) is 0 Å². The minimum absolute atomic E-state index is 0.0841. The van der Waals surface area contributed by atoms with Gasteiger partial charge in [-0.1, -0.05) is 18.2 Å². The van der Waals surface area contributed by atoms with E-state index in [1.54, 1.807) is 23.1 Å². The molecule has 1 aliphatic rings. The van der Waals surface area contributed by atoms with Gasteiger partial charge in [0.25, 0.3) is 0 Å². The minimum Gasteiger partial charge on any atom is -0.361 e. The Balaban J connectivity index is 1.43. The quantitative estimate of drug-likeness (QED) is 0.473. The predicted octanol–water partition coefficient (Wildman–Crippen LogP) is 1.25. The first-order valence-electron chi connectivity index (χ1n) is 9.15. The first-order chi connectivity index (χ1) is 13.1. The van der Waals surface area contributed by atoms with Gasteiger partial charge in [-0.15, -0.1) is 0 Å². The minimum atomic E-state index is -3.20. The normalized spacial score (nSPS) is 16.6. The van der Waals surface area contributed by atoms with Gasteiger partial charge >= 0.3 is 0 Å². The number of benzene rings is 1. The standard InChI is InChI=1S/C18H27N5O2S2/c1-19-18(21-8-13-27(24,25)23-9-11-26-12-10-23)20-7-6-15-14-22-17-5-3-2-4-16(15)17/h2-5,14,22H,6-13H2,1H3,(H2,19,20,21). The number of hydrogen-bond acceptors (Lipinski definition) is 4. The van der Waals surface area contributed by atoms with Gasteiger partial charge in [-0.3, -0.25) is 4.99 Å². The molecule has 148 valence electrons. The lowest BCUT2D eigenvalue weighted by Gasteiger charge is -2.25. The van der Waals surface area contributed by atoms with Crippen molar-refractivity contribution in [2.75, 3.05) is 50.5 Å². The third kappa shape index (κ3) is 5.40. The van der Waals surface area contributed by atoms with E-state index < -0.39 is 10.0 Å². The molecule has 2 aromatic rings. The van der Waals surface area contributed by atoms with E-state index in [-0.39, 0.29) is 5.75 Å². The van der Waals surface area contributed by atoms with Gasteiger partial charge in [-0.25, -0.2) is 12.7 Å². The third-order valence-electron chi connectivity index (χ3n) is 4.60. The Morgan fingerprint density at radius 2 is 1.96 bits per heavy atom. The highest BCUT2D eigenvalue weighted by molar-refractivity contribution is 7.99. The topological polar surface area (TPSA) is 89.6 Å². The summed E-state index contributed by atoms with van der Waals surface area (Å²) >= 11 is 1.80. The number of guanidine groups is 1. The Labute approximate surface area is 165 Å². The second-order valence-corrected chi connectivity index (χ2v) is 9.68. The summed E-state index contributed by atoms with van der Waals surface area (Å²) in [6.45, 7) is 2.30. The number of thioether (sulfide) groups is 1. The lowest BCUT2D eigenvalue weighted by atomic mass is 10.1. The van der Waals surface area contributed by atoms with E-state index in [2.05, 4.69) is 32.7 Å². The number of sulfonamides is 1. The van der Waals surface area contributed by atoms with Crippen LogP contribution in [-0.4, -0.2) is 74.2 Å². The molecule has 3 N–H and O–H groups in total.